The van der Waals surface area contributed by atoms with Gasteiger partial charge in [0.1, 0.15) is 0 Å². The number of hydrogen-bond donors (Lipinski definition) is 3. The minimum atomic E-state index is -3.44. The molecule has 23 heavy (non-hydrogen) atoms. The Kier molecular flexibility index (Phi) is 6.99. The lowest BCUT2D eigenvalue weighted by molar-refractivity contribution is 0.0268. The van der Waals surface area contributed by atoms with E-state index in [-0.39, 0.29) is 10.5 Å². The molecule has 0 aliphatic carbocycles. The Balaban J connectivity index is 2.68. The van der Waals surface area contributed by atoms with Crippen LogP contribution in [0.5, 0.6) is 0 Å². The molecule has 0 aliphatic rings. The highest BCUT2D eigenvalue weighted by atomic mass is 32.2. The van der Waals surface area contributed by atoms with E-state index in [2.05, 4.69) is 20.3 Å². The average molecular weight is 342 g/mol. The fraction of sp³-hybridized carbons (Fsp3) is 0.533. The Morgan fingerprint density at radius 3 is 2.57 bits per heavy atom. The summed E-state index contributed by atoms with van der Waals surface area (Å²) >= 11 is 0. The number of methoxy groups -OCH3 is 1. The van der Waals surface area contributed by atoms with E-state index in [4.69, 9.17) is 4.74 Å². The smallest absolute Gasteiger partial charge is 0.240 e. The number of hydrogen-bond acceptors (Lipinski definition) is 4. The highest BCUT2D eigenvalue weighted by molar-refractivity contribution is 7.89. The van der Waals surface area contributed by atoms with Crippen molar-refractivity contribution in [3.63, 3.8) is 0 Å². The molecule has 0 saturated heterocycles. The summed E-state index contributed by atoms with van der Waals surface area (Å²) in [6.07, 6.45) is 0. The van der Waals surface area contributed by atoms with Crippen molar-refractivity contribution in [1.29, 1.82) is 0 Å². The molecule has 0 aliphatic heterocycles. The van der Waals surface area contributed by atoms with Crippen LogP contribution in [0.2, 0.25) is 0 Å². The predicted molar refractivity (Wildman–Crippen MR) is 92.0 cm³/mol. The molecule has 0 unspecified atom stereocenters. The second-order valence-corrected chi connectivity index (χ2v) is 7.48. The number of aliphatic imine (C=N–C) groups is 1. The van der Waals surface area contributed by atoms with Crippen molar-refractivity contribution in [3.8, 4) is 0 Å². The summed E-state index contributed by atoms with van der Waals surface area (Å²) in [6.45, 7) is 5.00. The minimum Gasteiger partial charge on any atom is -0.377 e. The SMILES string of the molecule is CN=C(NCc1cccc(S(=O)(=O)NC)c1)NCC(C)(C)OC. The molecule has 0 aromatic heterocycles. The molecule has 0 spiro atoms. The van der Waals surface area contributed by atoms with Crippen LogP contribution in [0, 0.1) is 0 Å². The molecular formula is C15H26N4O3S. The zero-order valence-corrected chi connectivity index (χ0v) is 15.1. The van der Waals surface area contributed by atoms with Crippen LogP contribution in [-0.2, 0) is 21.3 Å². The maximum Gasteiger partial charge on any atom is 0.240 e. The fourth-order valence-corrected chi connectivity index (χ4v) is 2.52. The lowest BCUT2D eigenvalue weighted by Gasteiger charge is -2.24. The van der Waals surface area contributed by atoms with Crippen LogP contribution in [0.15, 0.2) is 34.2 Å². The van der Waals surface area contributed by atoms with Crippen molar-refractivity contribution < 1.29 is 13.2 Å². The van der Waals surface area contributed by atoms with Crippen molar-refractivity contribution in [3.05, 3.63) is 29.8 Å². The molecule has 0 bridgehead atoms. The molecule has 3 N–H and O–H groups in total. The topological polar surface area (TPSA) is 91.8 Å². The van der Waals surface area contributed by atoms with E-state index in [9.17, 15) is 8.42 Å². The van der Waals surface area contributed by atoms with Crippen molar-refractivity contribution in [1.82, 2.24) is 15.4 Å². The normalized spacial score (nSPS) is 13.0. The van der Waals surface area contributed by atoms with Crippen LogP contribution >= 0.6 is 0 Å². The number of benzene rings is 1. The van der Waals surface area contributed by atoms with Gasteiger partial charge in [-0.2, -0.15) is 0 Å². The molecule has 0 fully saturated rings. The largest absolute Gasteiger partial charge is 0.377 e. The Morgan fingerprint density at radius 2 is 2.00 bits per heavy atom. The van der Waals surface area contributed by atoms with Gasteiger partial charge in [-0.05, 0) is 38.6 Å². The maximum absolute atomic E-state index is 11.8. The summed E-state index contributed by atoms with van der Waals surface area (Å²) < 4.78 is 31.3. The quantitative estimate of drug-likeness (QED) is 0.501. The molecule has 1 aromatic carbocycles. The second-order valence-electron chi connectivity index (χ2n) is 5.60. The molecule has 1 rings (SSSR count). The molecule has 1 aromatic rings. The molecule has 0 heterocycles. The molecule has 0 amide bonds. The van der Waals surface area contributed by atoms with E-state index >= 15 is 0 Å². The lowest BCUT2D eigenvalue weighted by atomic mass is 10.1. The number of guanidine groups is 1. The third-order valence-electron chi connectivity index (χ3n) is 3.40. The number of ether oxygens (including phenoxy) is 1. The van der Waals surface area contributed by atoms with Crippen molar-refractivity contribution >= 4 is 16.0 Å². The van der Waals surface area contributed by atoms with E-state index in [1.807, 2.05) is 19.9 Å². The van der Waals surface area contributed by atoms with E-state index in [1.54, 1.807) is 32.4 Å². The van der Waals surface area contributed by atoms with Crippen LogP contribution in [0.25, 0.3) is 0 Å². The number of sulfonamides is 1. The Morgan fingerprint density at radius 1 is 1.30 bits per heavy atom. The monoisotopic (exact) mass is 342 g/mol. The molecule has 0 saturated carbocycles. The third kappa shape index (κ3) is 6.17. The fourth-order valence-electron chi connectivity index (χ4n) is 1.72. The van der Waals surface area contributed by atoms with E-state index in [0.717, 1.165) is 5.56 Å². The first-order chi connectivity index (χ1) is 10.7. The molecular weight excluding hydrogens is 316 g/mol. The van der Waals surface area contributed by atoms with Gasteiger partial charge in [0.2, 0.25) is 10.0 Å². The minimum absolute atomic E-state index is 0.239. The van der Waals surface area contributed by atoms with Gasteiger partial charge < -0.3 is 15.4 Å². The first-order valence-corrected chi connectivity index (χ1v) is 8.74. The van der Waals surface area contributed by atoms with Gasteiger partial charge in [0, 0.05) is 27.2 Å². The Bertz CT molecular complexity index is 642. The van der Waals surface area contributed by atoms with Gasteiger partial charge in [0.25, 0.3) is 0 Å². The number of nitrogens with zero attached hydrogens (tertiary/aromatic N) is 1. The average Bonchev–Trinajstić information content (AvgIpc) is 2.55. The van der Waals surface area contributed by atoms with Crippen LogP contribution in [-0.4, -0.2) is 47.7 Å². The summed E-state index contributed by atoms with van der Waals surface area (Å²) in [4.78, 5) is 4.37. The number of rotatable bonds is 7. The summed E-state index contributed by atoms with van der Waals surface area (Å²) in [6, 6.07) is 6.76. The van der Waals surface area contributed by atoms with E-state index in [0.29, 0.717) is 19.0 Å². The highest BCUT2D eigenvalue weighted by Crippen LogP contribution is 2.11. The van der Waals surface area contributed by atoms with Gasteiger partial charge in [-0.15, -0.1) is 0 Å². The molecule has 7 nitrogen and oxygen atoms in total. The summed E-state index contributed by atoms with van der Waals surface area (Å²) in [5, 5.41) is 6.32. The number of nitrogens with one attached hydrogen (secondary N) is 3. The van der Waals surface area contributed by atoms with Crippen LogP contribution in [0.1, 0.15) is 19.4 Å². The summed E-state index contributed by atoms with van der Waals surface area (Å²) in [5.74, 6) is 0.622. The van der Waals surface area contributed by atoms with Gasteiger partial charge in [-0.3, -0.25) is 4.99 Å². The van der Waals surface area contributed by atoms with Crippen molar-refractivity contribution in [2.24, 2.45) is 4.99 Å². The molecule has 8 heteroatoms. The van der Waals surface area contributed by atoms with Gasteiger partial charge in [0.05, 0.1) is 10.5 Å². The zero-order valence-electron chi connectivity index (χ0n) is 14.3. The molecule has 0 atom stereocenters. The van der Waals surface area contributed by atoms with Crippen LogP contribution < -0.4 is 15.4 Å². The van der Waals surface area contributed by atoms with Gasteiger partial charge in [-0.1, -0.05) is 12.1 Å². The molecule has 0 radical (unpaired) electrons. The molecule has 130 valence electrons. The first-order valence-electron chi connectivity index (χ1n) is 7.26. The van der Waals surface area contributed by atoms with Crippen LogP contribution in [0.3, 0.4) is 0 Å². The first kappa shape index (κ1) is 19.4. The van der Waals surface area contributed by atoms with Gasteiger partial charge in [-0.25, -0.2) is 13.1 Å². The predicted octanol–water partition coefficient (Wildman–Crippen LogP) is 0.685. The highest BCUT2D eigenvalue weighted by Gasteiger charge is 2.16. The van der Waals surface area contributed by atoms with Crippen molar-refractivity contribution in [2.45, 2.75) is 30.9 Å². The third-order valence-corrected chi connectivity index (χ3v) is 4.81. The summed E-state index contributed by atoms with van der Waals surface area (Å²) in [5.41, 5.74) is 0.536. The van der Waals surface area contributed by atoms with E-state index < -0.39 is 10.0 Å². The van der Waals surface area contributed by atoms with Gasteiger partial charge in [0.15, 0.2) is 5.96 Å². The Hall–Kier alpha value is -1.64. The second kappa shape index (κ2) is 8.28. The van der Waals surface area contributed by atoms with Crippen molar-refractivity contribution in [2.75, 3.05) is 27.7 Å². The maximum atomic E-state index is 11.8. The van der Waals surface area contributed by atoms with Gasteiger partial charge >= 0.3 is 0 Å². The van der Waals surface area contributed by atoms with E-state index in [1.165, 1.54) is 7.05 Å². The standard InChI is InChI=1S/C15H26N4O3S/c1-15(2,22-5)11-19-14(16-3)18-10-12-7-6-8-13(9-12)23(20,21)17-4/h6-9,17H,10-11H2,1-5H3,(H2,16,18,19). The van der Waals surface area contributed by atoms with Crippen LogP contribution in [0.4, 0.5) is 0 Å². The summed E-state index contributed by atoms with van der Waals surface area (Å²) in [7, 11) is 1.29. The zero-order chi connectivity index (χ0) is 17.5. The lowest BCUT2D eigenvalue weighted by Crippen LogP contribution is -2.45. The Labute approximate surface area is 138 Å².